The SMILES string of the molecule is CCCCc1ccc(NS(=O)c2ccc(C)c(C(=O)N3CCN(C(=O)c4ccccc4)CC3)c2)cc1. The molecule has 1 aliphatic heterocycles. The third-order valence-corrected chi connectivity index (χ3v) is 7.62. The lowest BCUT2D eigenvalue weighted by atomic mass is 10.1. The first-order chi connectivity index (χ1) is 17.5. The molecule has 0 aromatic heterocycles. The number of aryl methyl sites for hydroxylation is 2. The highest BCUT2D eigenvalue weighted by Gasteiger charge is 2.26. The monoisotopic (exact) mass is 503 g/mol. The number of nitrogens with zero attached hydrogens (tertiary/aromatic N) is 2. The summed E-state index contributed by atoms with van der Waals surface area (Å²) in [6.45, 7) is 5.96. The summed E-state index contributed by atoms with van der Waals surface area (Å²) in [6.07, 6.45) is 3.34. The molecule has 1 atom stereocenters. The van der Waals surface area contributed by atoms with Crippen molar-refractivity contribution in [3.05, 3.63) is 95.1 Å². The number of benzene rings is 3. The van der Waals surface area contributed by atoms with Gasteiger partial charge < -0.3 is 14.5 Å². The molecule has 1 aliphatic rings. The lowest BCUT2D eigenvalue weighted by Crippen LogP contribution is -2.50. The van der Waals surface area contributed by atoms with Crippen molar-refractivity contribution in [2.75, 3.05) is 30.9 Å². The molecular weight excluding hydrogens is 470 g/mol. The molecule has 0 bridgehead atoms. The second kappa shape index (κ2) is 12.0. The summed E-state index contributed by atoms with van der Waals surface area (Å²) in [5.41, 5.74) is 4.08. The van der Waals surface area contributed by atoms with Crippen LogP contribution in [0.5, 0.6) is 0 Å². The van der Waals surface area contributed by atoms with Crippen LogP contribution in [0, 0.1) is 6.92 Å². The van der Waals surface area contributed by atoms with Gasteiger partial charge in [0.25, 0.3) is 11.8 Å². The zero-order chi connectivity index (χ0) is 25.5. The van der Waals surface area contributed by atoms with Gasteiger partial charge >= 0.3 is 0 Å². The van der Waals surface area contributed by atoms with E-state index in [1.54, 1.807) is 21.9 Å². The van der Waals surface area contributed by atoms with E-state index in [9.17, 15) is 13.8 Å². The van der Waals surface area contributed by atoms with Crippen molar-refractivity contribution < 1.29 is 13.8 Å². The normalized spacial score (nSPS) is 14.4. The molecule has 1 saturated heterocycles. The van der Waals surface area contributed by atoms with Crippen LogP contribution in [0.3, 0.4) is 0 Å². The van der Waals surface area contributed by atoms with Gasteiger partial charge in [-0.15, -0.1) is 0 Å². The van der Waals surface area contributed by atoms with Gasteiger partial charge in [-0.2, -0.15) is 0 Å². The van der Waals surface area contributed by atoms with Gasteiger partial charge in [-0.1, -0.05) is 49.7 Å². The van der Waals surface area contributed by atoms with E-state index < -0.39 is 11.0 Å². The van der Waals surface area contributed by atoms with Crippen LogP contribution >= 0.6 is 0 Å². The molecule has 7 heteroatoms. The zero-order valence-corrected chi connectivity index (χ0v) is 21.7. The van der Waals surface area contributed by atoms with Crippen LogP contribution in [0.25, 0.3) is 0 Å². The second-order valence-electron chi connectivity index (χ2n) is 9.10. The molecule has 2 amide bonds. The zero-order valence-electron chi connectivity index (χ0n) is 20.9. The van der Waals surface area contributed by atoms with E-state index in [1.165, 1.54) is 5.56 Å². The van der Waals surface area contributed by atoms with E-state index in [2.05, 4.69) is 23.8 Å². The van der Waals surface area contributed by atoms with Crippen LogP contribution in [-0.4, -0.2) is 52.0 Å². The van der Waals surface area contributed by atoms with E-state index >= 15 is 0 Å². The third-order valence-electron chi connectivity index (χ3n) is 6.51. The van der Waals surface area contributed by atoms with Crippen molar-refractivity contribution in [1.29, 1.82) is 0 Å². The van der Waals surface area contributed by atoms with Crippen LogP contribution < -0.4 is 4.72 Å². The first kappa shape index (κ1) is 25.6. The Balaban J connectivity index is 1.39. The maximum Gasteiger partial charge on any atom is 0.254 e. The minimum absolute atomic E-state index is 0.0132. The lowest BCUT2D eigenvalue weighted by Gasteiger charge is -2.35. The Morgan fingerprint density at radius 1 is 0.861 bits per heavy atom. The standard InChI is InChI=1S/C29H33N3O3S/c1-3-4-8-23-12-14-25(15-13-23)30-36(35)26-16-11-22(2)27(21-26)29(34)32-19-17-31(18-20-32)28(33)24-9-6-5-7-10-24/h5-7,9-16,21,30H,3-4,8,17-20H2,1-2H3. The van der Waals surface area contributed by atoms with Gasteiger partial charge in [0.15, 0.2) is 0 Å². The molecule has 188 valence electrons. The number of unbranched alkanes of at least 4 members (excludes halogenated alkanes) is 1. The number of hydrogen-bond donors (Lipinski definition) is 1. The fraction of sp³-hybridized carbons (Fsp3) is 0.310. The average molecular weight is 504 g/mol. The minimum Gasteiger partial charge on any atom is -0.335 e. The van der Waals surface area contributed by atoms with E-state index in [4.69, 9.17) is 0 Å². The molecule has 6 nitrogen and oxygen atoms in total. The van der Waals surface area contributed by atoms with Crippen molar-refractivity contribution in [3.8, 4) is 0 Å². The van der Waals surface area contributed by atoms with Gasteiger partial charge in [0, 0.05) is 43.0 Å². The van der Waals surface area contributed by atoms with Gasteiger partial charge in [-0.3, -0.25) is 9.59 Å². The van der Waals surface area contributed by atoms with Crippen molar-refractivity contribution in [3.63, 3.8) is 0 Å². The molecule has 0 radical (unpaired) electrons. The summed E-state index contributed by atoms with van der Waals surface area (Å²) < 4.78 is 16.1. The number of anilines is 1. The Bertz CT molecular complexity index is 1220. The summed E-state index contributed by atoms with van der Waals surface area (Å²) in [4.78, 5) is 30.2. The summed E-state index contributed by atoms with van der Waals surface area (Å²) in [6, 6.07) is 22.6. The highest BCUT2D eigenvalue weighted by molar-refractivity contribution is 7.86. The smallest absolute Gasteiger partial charge is 0.254 e. The van der Waals surface area contributed by atoms with Gasteiger partial charge in [-0.05, 0) is 67.3 Å². The third kappa shape index (κ3) is 6.21. The molecule has 0 spiro atoms. The van der Waals surface area contributed by atoms with Crippen molar-refractivity contribution >= 4 is 28.5 Å². The molecule has 1 unspecified atom stereocenters. The van der Waals surface area contributed by atoms with Crippen molar-refractivity contribution in [2.45, 2.75) is 38.0 Å². The number of carbonyl (C=O) groups is 2. The number of amides is 2. The highest BCUT2D eigenvalue weighted by atomic mass is 32.2. The van der Waals surface area contributed by atoms with Crippen LogP contribution in [0.4, 0.5) is 5.69 Å². The summed E-state index contributed by atoms with van der Waals surface area (Å²) in [5, 5.41) is 0. The molecule has 3 aromatic carbocycles. The minimum atomic E-state index is -1.49. The maximum atomic E-state index is 13.3. The largest absolute Gasteiger partial charge is 0.335 e. The molecule has 3 aromatic rings. The number of nitrogens with one attached hydrogen (secondary N) is 1. The Morgan fingerprint density at radius 2 is 1.50 bits per heavy atom. The van der Waals surface area contributed by atoms with Gasteiger partial charge in [0.05, 0.1) is 4.90 Å². The summed E-state index contributed by atoms with van der Waals surface area (Å²) >= 11 is 0. The van der Waals surface area contributed by atoms with Crippen LogP contribution in [0.2, 0.25) is 0 Å². The molecule has 36 heavy (non-hydrogen) atoms. The van der Waals surface area contributed by atoms with Crippen LogP contribution in [0.15, 0.2) is 77.7 Å². The van der Waals surface area contributed by atoms with Gasteiger partial charge in [0.2, 0.25) is 0 Å². The average Bonchev–Trinajstić information content (AvgIpc) is 2.92. The van der Waals surface area contributed by atoms with Crippen molar-refractivity contribution in [2.24, 2.45) is 0 Å². The second-order valence-corrected chi connectivity index (χ2v) is 10.3. The van der Waals surface area contributed by atoms with E-state index in [1.807, 2.05) is 55.5 Å². The van der Waals surface area contributed by atoms with E-state index in [-0.39, 0.29) is 11.8 Å². The number of carbonyl (C=O) groups excluding carboxylic acids is 2. The topological polar surface area (TPSA) is 69.7 Å². The molecule has 1 N–H and O–H groups in total. The quantitative estimate of drug-likeness (QED) is 0.467. The first-order valence-corrected chi connectivity index (χ1v) is 13.6. The molecule has 4 rings (SSSR count). The van der Waals surface area contributed by atoms with E-state index in [0.717, 1.165) is 30.5 Å². The molecule has 0 saturated carbocycles. The van der Waals surface area contributed by atoms with Crippen LogP contribution in [0.1, 0.15) is 51.6 Å². The Kier molecular flexibility index (Phi) is 8.54. The lowest BCUT2D eigenvalue weighted by molar-refractivity contribution is 0.0535. The molecule has 1 heterocycles. The number of rotatable bonds is 8. The Labute approximate surface area is 215 Å². The fourth-order valence-corrected chi connectivity index (χ4v) is 5.16. The molecular formula is C29H33N3O3S. The predicted octanol–water partition coefficient (Wildman–Crippen LogP) is 5.07. The van der Waals surface area contributed by atoms with Gasteiger partial charge in [0.1, 0.15) is 11.0 Å². The Hall–Kier alpha value is -3.45. The molecule has 1 fully saturated rings. The predicted molar refractivity (Wildman–Crippen MR) is 145 cm³/mol. The summed E-state index contributed by atoms with van der Waals surface area (Å²) in [7, 11) is -1.49. The Morgan fingerprint density at radius 3 is 2.14 bits per heavy atom. The number of hydrogen-bond acceptors (Lipinski definition) is 3. The van der Waals surface area contributed by atoms with Gasteiger partial charge in [-0.25, -0.2) is 4.21 Å². The van der Waals surface area contributed by atoms with Crippen LogP contribution in [-0.2, 0) is 17.4 Å². The number of piperazine rings is 1. The fourth-order valence-electron chi connectivity index (χ4n) is 4.28. The van der Waals surface area contributed by atoms with E-state index in [0.29, 0.717) is 42.2 Å². The first-order valence-electron chi connectivity index (χ1n) is 12.5. The molecule has 0 aliphatic carbocycles. The maximum absolute atomic E-state index is 13.3. The summed E-state index contributed by atoms with van der Waals surface area (Å²) in [5.74, 6) is -0.112. The van der Waals surface area contributed by atoms with Crippen molar-refractivity contribution in [1.82, 2.24) is 9.80 Å². The highest BCUT2D eigenvalue weighted by Crippen LogP contribution is 2.20.